The van der Waals surface area contributed by atoms with Crippen LogP contribution in [0.1, 0.15) is 0 Å². The molecule has 1 heterocycles. The number of phenols is 1. The molecule has 13 heavy (non-hydrogen) atoms. The predicted octanol–water partition coefficient (Wildman–Crippen LogP) is 0.701. The van der Waals surface area contributed by atoms with Crippen molar-refractivity contribution in [1.29, 1.82) is 0 Å². The lowest BCUT2D eigenvalue weighted by Crippen LogP contribution is -2.08. The molecule has 2 rings (SSSR count). The van der Waals surface area contributed by atoms with Gasteiger partial charge in [-0.25, -0.2) is 4.98 Å². The van der Waals surface area contributed by atoms with Gasteiger partial charge in [-0.2, -0.15) is 0 Å². The minimum absolute atomic E-state index is 0.256. The SMILES string of the molecule is NCCn1cnc2ccc(O)cc21. The Hall–Kier alpha value is -1.55. The Morgan fingerprint density at radius 2 is 2.31 bits per heavy atom. The van der Waals surface area contributed by atoms with Gasteiger partial charge in [0.1, 0.15) is 5.75 Å². The molecule has 0 aliphatic rings. The lowest BCUT2D eigenvalue weighted by atomic mass is 10.3. The number of nitrogens with two attached hydrogens (primary N) is 1. The molecule has 0 fully saturated rings. The molecule has 0 saturated carbocycles. The summed E-state index contributed by atoms with van der Waals surface area (Å²) in [6, 6.07) is 5.11. The third-order valence-corrected chi connectivity index (χ3v) is 1.97. The van der Waals surface area contributed by atoms with Crippen LogP contribution in [0.5, 0.6) is 5.75 Å². The van der Waals surface area contributed by atoms with Crippen molar-refractivity contribution in [3.05, 3.63) is 24.5 Å². The maximum atomic E-state index is 9.27. The highest BCUT2D eigenvalue weighted by Crippen LogP contribution is 2.18. The quantitative estimate of drug-likeness (QED) is 0.709. The smallest absolute Gasteiger partial charge is 0.117 e. The van der Waals surface area contributed by atoms with E-state index in [1.807, 2.05) is 4.57 Å². The van der Waals surface area contributed by atoms with E-state index < -0.39 is 0 Å². The molecule has 0 bridgehead atoms. The van der Waals surface area contributed by atoms with Gasteiger partial charge in [0.15, 0.2) is 0 Å². The molecule has 2 aromatic rings. The number of hydrogen-bond donors (Lipinski definition) is 2. The molecule has 0 aliphatic carbocycles. The van der Waals surface area contributed by atoms with Gasteiger partial charge in [-0.05, 0) is 12.1 Å². The van der Waals surface area contributed by atoms with E-state index in [1.54, 1.807) is 24.5 Å². The lowest BCUT2D eigenvalue weighted by Gasteiger charge is -2.00. The number of rotatable bonds is 2. The van der Waals surface area contributed by atoms with Gasteiger partial charge in [-0.1, -0.05) is 0 Å². The normalized spacial score (nSPS) is 10.8. The number of imidazole rings is 1. The average Bonchev–Trinajstić information content (AvgIpc) is 2.49. The summed E-state index contributed by atoms with van der Waals surface area (Å²) < 4.78 is 1.93. The monoisotopic (exact) mass is 177 g/mol. The van der Waals surface area contributed by atoms with Crippen molar-refractivity contribution in [2.45, 2.75) is 6.54 Å². The molecule has 0 aliphatic heterocycles. The number of aromatic hydroxyl groups is 1. The van der Waals surface area contributed by atoms with Crippen molar-refractivity contribution in [3.63, 3.8) is 0 Å². The topological polar surface area (TPSA) is 64.1 Å². The summed E-state index contributed by atoms with van der Waals surface area (Å²) in [5.41, 5.74) is 7.24. The van der Waals surface area contributed by atoms with Gasteiger partial charge in [-0.15, -0.1) is 0 Å². The first kappa shape index (κ1) is 8.07. The van der Waals surface area contributed by atoms with E-state index in [1.165, 1.54) is 0 Å². The second kappa shape index (κ2) is 3.06. The molecule has 1 aromatic heterocycles. The summed E-state index contributed by atoms with van der Waals surface area (Å²) in [5, 5.41) is 9.27. The highest BCUT2D eigenvalue weighted by molar-refractivity contribution is 5.76. The van der Waals surface area contributed by atoms with Gasteiger partial charge >= 0.3 is 0 Å². The third-order valence-electron chi connectivity index (χ3n) is 1.97. The standard InChI is InChI=1S/C9H11N3O/c10-3-4-12-6-11-8-2-1-7(13)5-9(8)12/h1-2,5-6,13H,3-4,10H2. The molecule has 4 heteroatoms. The molecular formula is C9H11N3O. The number of aromatic nitrogens is 2. The van der Waals surface area contributed by atoms with E-state index in [0.717, 1.165) is 17.6 Å². The fraction of sp³-hybridized carbons (Fsp3) is 0.222. The molecule has 0 spiro atoms. The fourth-order valence-electron chi connectivity index (χ4n) is 1.36. The molecule has 0 amide bonds. The van der Waals surface area contributed by atoms with Crippen LogP contribution >= 0.6 is 0 Å². The van der Waals surface area contributed by atoms with Crippen molar-refractivity contribution < 1.29 is 5.11 Å². The highest BCUT2D eigenvalue weighted by Gasteiger charge is 2.01. The summed E-state index contributed by atoms with van der Waals surface area (Å²) >= 11 is 0. The van der Waals surface area contributed by atoms with Crippen LogP contribution in [0.4, 0.5) is 0 Å². The molecule has 1 aromatic carbocycles. The molecule has 0 radical (unpaired) electrons. The Kier molecular flexibility index (Phi) is 1.90. The number of fused-ring (bicyclic) bond motifs is 1. The molecule has 0 saturated heterocycles. The van der Waals surface area contributed by atoms with Crippen molar-refractivity contribution >= 4 is 11.0 Å². The number of phenolic OH excluding ortho intramolecular Hbond substituents is 1. The van der Waals surface area contributed by atoms with Crippen LogP contribution < -0.4 is 5.73 Å². The first-order valence-corrected chi connectivity index (χ1v) is 4.15. The molecule has 3 N–H and O–H groups in total. The number of hydrogen-bond acceptors (Lipinski definition) is 3. The molecular weight excluding hydrogens is 166 g/mol. The van der Waals surface area contributed by atoms with Gasteiger partial charge < -0.3 is 15.4 Å². The van der Waals surface area contributed by atoms with Crippen molar-refractivity contribution in [2.24, 2.45) is 5.73 Å². The van der Waals surface area contributed by atoms with Crippen LogP contribution in [0.2, 0.25) is 0 Å². The second-order valence-corrected chi connectivity index (χ2v) is 2.90. The molecule has 0 unspecified atom stereocenters. The van der Waals surface area contributed by atoms with Crippen molar-refractivity contribution in [1.82, 2.24) is 9.55 Å². The minimum atomic E-state index is 0.256. The highest BCUT2D eigenvalue weighted by atomic mass is 16.3. The van der Waals surface area contributed by atoms with Crippen LogP contribution in [0.3, 0.4) is 0 Å². The van der Waals surface area contributed by atoms with Gasteiger partial charge in [-0.3, -0.25) is 0 Å². The maximum Gasteiger partial charge on any atom is 0.117 e. The van der Waals surface area contributed by atoms with Gasteiger partial charge in [0.25, 0.3) is 0 Å². The Morgan fingerprint density at radius 1 is 1.46 bits per heavy atom. The largest absolute Gasteiger partial charge is 0.508 e. The zero-order valence-electron chi connectivity index (χ0n) is 7.14. The van der Waals surface area contributed by atoms with Crippen LogP contribution in [0.25, 0.3) is 11.0 Å². The van der Waals surface area contributed by atoms with Gasteiger partial charge in [0.2, 0.25) is 0 Å². The van der Waals surface area contributed by atoms with E-state index in [2.05, 4.69) is 4.98 Å². The number of nitrogens with zero attached hydrogens (tertiary/aromatic N) is 2. The summed E-state index contributed by atoms with van der Waals surface area (Å²) in [4.78, 5) is 4.17. The van der Waals surface area contributed by atoms with Crippen LogP contribution in [-0.2, 0) is 6.54 Å². The average molecular weight is 177 g/mol. The molecule has 4 nitrogen and oxygen atoms in total. The fourth-order valence-corrected chi connectivity index (χ4v) is 1.36. The Balaban J connectivity index is 2.58. The molecule has 68 valence electrons. The predicted molar refractivity (Wildman–Crippen MR) is 50.5 cm³/mol. The summed E-state index contributed by atoms with van der Waals surface area (Å²) in [5.74, 6) is 0.256. The van der Waals surface area contributed by atoms with E-state index in [9.17, 15) is 5.11 Å². The Labute approximate surface area is 75.6 Å². The van der Waals surface area contributed by atoms with Crippen LogP contribution in [0, 0.1) is 0 Å². The van der Waals surface area contributed by atoms with E-state index in [-0.39, 0.29) is 5.75 Å². The zero-order chi connectivity index (χ0) is 9.26. The number of benzene rings is 1. The first-order chi connectivity index (χ1) is 6.31. The Bertz CT molecular complexity index is 422. The van der Waals surface area contributed by atoms with E-state index >= 15 is 0 Å². The van der Waals surface area contributed by atoms with Crippen molar-refractivity contribution in [3.8, 4) is 5.75 Å². The summed E-state index contributed by atoms with van der Waals surface area (Å²) in [7, 11) is 0. The third kappa shape index (κ3) is 1.36. The Morgan fingerprint density at radius 3 is 3.08 bits per heavy atom. The summed E-state index contributed by atoms with van der Waals surface area (Å²) in [6.07, 6.45) is 1.73. The zero-order valence-corrected chi connectivity index (χ0v) is 7.14. The first-order valence-electron chi connectivity index (χ1n) is 4.15. The second-order valence-electron chi connectivity index (χ2n) is 2.90. The van der Waals surface area contributed by atoms with Crippen LogP contribution in [0.15, 0.2) is 24.5 Å². The van der Waals surface area contributed by atoms with Gasteiger partial charge in [0, 0.05) is 19.2 Å². The summed E-state index contributed by atoms with van der Waals surface area (Å²) in [6.45, 7) is 1.29. The lowest BCUT2D eigenvalue weighted by molar-refractivity contribution is 0.476. The maximum absolute atomic E-state index is 9.27. The van der Waals surface area contributed by atoms with Crippen LogP contribution in [-0.4, -0.2) is 21.2 Å². The van der Waals surface area contributed by atoms with Crippen molar-refractivity contribution in [2.75, 3.05) is 6.54 Å². The van der Waals surface area contributed by atoms with E-state index in [4.69, 9.17) is 5.73 Å². The van der Waals surface area contributed by atoms with Gasteiger partial charge in [0.05, 0.1) is 17.4 Å². The molecule has 0 atom stereocenters. The minimum Gasteiger partial charge on any atom is -0.508 e. The van der Waals surface area contributed by atoms with E-state index in [0.29, 0.717) is 6.54 Å².